The van der Waals surface area contributed by atoms with Gasteiger partial charge in [-0.05, 0) is 40.0 Å². The van der Waals surface area contributed by atoms with Gasteiger partial charge in [0.15, 0.2) is 0 Å². The first-order valence-corrected chi connectivity index (χ1v) is 6.78. The molecule has 19 heavy (non-hydrogen) atoms. The molecule has 4 heteroatoms. The highest BCUT2D eigenvalue weighted by atomic mass is 19.1. The van der Waals surface area contributed by atoms with Crippen LogP contribution in [0, 0.1) is 5.82 Å². The first-order valence-electron chi connectivity index (χ1n) is 6.78. The van der Waals surface area contributed by atoms with Crippen LogP contribution in [0.2, 0.25) is 0 Å². The molecule has 0 aliphatic carbocycles. The van der Waals surface area contributed by atoms with E-state index in [0.717, 1.165) is 17.8 Å². The third-order valence-corrected chi connectivity index (χ3v) is 3.49. The van der Waals surface area contributed by atoms with Crippen LogP contribution in [0.5, 0.6) is 0 Å². The summed E-state index contributed by atoms with van der Waals surface area (Å²) in [5.74, 6) is -0.164. The van der Waals surface area contributed by atoms with Crippen molar-refractivity contribution in [3.63, 3.8) is 0 Å². The van der Waals surface area contributed by atoms with Gasteiger partial charge in [-0.1, -0.05) is 6.07 Å². The Morgan fingerprint density at radius 2 is 2.05 bits per heavy atom. The average Bonchev–Trinajstić information content (AvgIpc) is 2.39. The van der Waals surface area contributed by atoms with E-state index in [2.05, 4.69) is 24.1 Å². The highest BCUT2D eigenvalue weighted by Crippen LogP contribution is 2.30. The SMILES string of the molecule is CCN(c1cccc(F)c1C(C)NC)C(C)COC. The lowest BCUT2D eigenvalue weighted by atomic mass is 10.0. The van der Waals surface area contributed by atoms with Crippen molar-refractivity contribution >= 4 is 5.69 Å². The van der Waals surface area contributed by atoms with Crippen molar-refractivity contribution in [1.29, 1.82) is 0 Å². The van der Waals surface area contributed by atoms with Gasteiger partial charge in [0.05, 0.1) is 6.61 Å². The topological polar surface area (TPSA) is 24.5 Å². The molecule has 1 N–H and O–H groups in total. The van der Waals surface area contributed by atoms with Crippen molar-refractivity contribution in [2.45, 2.75) is 32.9 Å². The zero-order chi connectivity index (χ0) is 14.4. The number of nitrogens with one attached hydrogen (secondary N) is 1. The van der Waals surface area contributed by atoms with E-state index in [1.807, 2.05) is 20.0 Å². The van der Waals surface area contributed by atoms with Gasteiger partial charge in [0.1, 0.15) is 5.82 Å². The second-order valence-corrected chi connectivity index (χ2v) is 4.77. The molecule has 0 amide bonds. The number of methoxy groups -OCH3 is 1. The lowest BCUT2D eigenvalue weighted by molar-refractivity contribution is 0.182. The minimum absolute atomic E-state index is 0.0278. The molecule has 1 rings (SSSR count). The minimum Gasteiger partial charge on any atom is -0.383 e. The fourth-order valence-electron chi connectivity index (χ4n) is 2.40. The van der Waals surface area contributed by atoms with Crippen LogP contribution in [0.3, 0.4) is 0 Å². The lowest BCUT2D eigenvalue weighted by Crippen LogP contribution is -2.37. The summed E-state index contributed by atoms with van der Waals surface area (Å²) < 4.78 is 19.3. The Bertz CT molecular complexity index is 398. The summed E-state index contributed by atoms with van der Waals surface area (Å²) in [7, 11) is 3.53. The van der Waals surface area contributed by atoms with Crippen LogP contribution < -0.4 is 10.2 Å². The van der Waals surface area contributed by atoms with Crippen LogP contribution in [0.25, 0.3) is 0 Å². The standard InChI is InChI=1S/C15H25FN2O/c1-6-18(11(2)10-19-5)14-9-7-8-13(16)15(14)12(3)17-4/h7-9,11-12,17H,6,10H2,1-5H3. The number of benzene rings is 1. The lowest BCUT2D eigenvalue weighted by Gasteiger charge is -2.33. The maximum atomic E-state index is 14.1. The quantitative estimate of drug-likeness (QED) is 0.823. The monoisotopic (exact) mass is 268 g/mol. The Kier molecular flexibility index (Phi) is 6.25. The van der Waals surface area contributed by atoms with E-state index in [1.165, 1.54) is 6.07 Å². The molecule has 0 fully saturated rings. The Labute approximate surface area is 115 Å². The fourth-order valence-corrected chi connectivity index (χ4v) is 2.40. The van der Waals surface area contributed by atoms with Crippen molar-refractivity contribution in [3.8, 4) is 0 Å². The van der Waals surface area contributed by atoms with Gasteiger partial charge in [0.2, 0.25) is 0 Å². The summed E-state index contributed by atoms with van der Waals surface area (Å²) in [6, 6.07) is 5.43. The Balaban J connectivity index is 3.19. The maximum absolute atomic E-state index is 14.1. The molecule has 0 bridgehead atoms. The molecule has 0 aliphatic heterocycles. The number of hydrogen-bond donors (Lipinski definition) is 1. The summed E-state index contributed by atoms with van der Waals surface area (Å²) in [6.45, 7) is 7.57. The van der Waals surface area contributed by atoms with E-state index in [4.69, 9.17) is 4.74 Å². The summed E-state index contributed by atoms with van der Waals surface area (Å²) >= 11 is 0. The molecule has 0 saturated carbocycles. The first kappa shape index (κ1) is 15.9. The summed E-state index contributed by atoms with van der Waals surface area (Å²) in [4.78, 5) is 2.18. The summed E-state index contributed by atoms with van der Waals surface area (Å²) in [6.07, 6.45) is 0. The van der Waals surface area contributed by atoms with Crippen molar-refractivity contribution in [2.75, 3.05) is 32.2 Å². The molecule has 0 radical (unpaired) electrons. The van der Waals surface area contributed by atoms with E-state index < -0.39 is 0 Å². The number of halogens is 1. The van der Waals surface area contributed by atoms with E-state index in [9.17, 15) is 4.39 Å². The number of ether oxygens (including phenoxy) is 1. The van der Waals surface area contributed by atoms with Crippen molar-refractivity contribution in [2.24, 2.45) is 0 Å². The number of likely N-dealkylation sites (N-methyl/N-ethyl adjacent to an activating group) is 1. The fraction of sp³-hybridized carbons (Fsp3) is 0.600. The van der Waals surface area contributed by atoms with Gasteiger partial charge in [-0.3, -0.25) is 0 Å². The third kappa shape index (κ3) is 3.67. The smallest absolute Gasteiger partial charge is 0.130 e. The number of hydrogen-bond acceptors (Lipinski definition) is 3. The van der Waals surface area contributed by atoms with Crippen LogP contribution in [0.4, 0.5) is 10.1 Å². The molecule has 2 atom stereocenters. The zero-order valence-corrected chi connectivity index (χ0v) is 12.5. The largest absolute Gasteiger partial charge is 0.383 e. The molecular formula is C15H25FN2O. The average molecular weight is 268 g/mol. The molecular weight excluding hydrogens is 243 g/mol. The molecule has 0 spiro atoms. The maximum Gasteiger partial charge on any atom is 0.130 e. The van der Waals surface area contributed by atoms with Gasteiger partial charge in [0.25, 0.3) is 0 Å². The highest BCUT2D eigenvalue weighted by molar-refractivity contribution is 5.56. The molecule has 1 aromatic rings. The van der Waals surface area contributed by atoms with E-state index in [0.29, 0.717) is 6.61 Å². The minimum atomic E-state index is -0.164. The molecule has 2 unspecified atom stereocenters. The van der Waals surface area contributed by atoms with E-state index in [1.54, 1.807) is 13.2 Å². The molecule has 0 aliphatic rings. The molecule has 0 aromatic heterocycles. The van der Waals surface area contributed by atoms with Gasteiger partial charge in [-0.2, -0.15) is 0 Å². The van der Waals surface area contributed by atoms with Crippen LogP contribution in [0.1, 0.15) is 32.4 Å². The Morgan fingerprint density at radius 1 is 1.37 bits per heavy atom. The molecule has 108 valence electrons. The van der Waals surface area contributed by atoms with Crippen molar-refractivity contribution in [3.05, 3.63) is 29.6 Å². The highest BCUT2D eigenvalue weighted by Gasteiger charge is 2.21. The van der Waals surface area contributed by atoms with Crippen LogP contribution in [-0.2, 0) is 4.74 Å². The first-order chi connectivity index (χ1) is 9.06. The van der Waals surface area contributed by atoms with Gasteiger partial charge < -0.3 is 15.0 Å². The Morgan fingerprint density at radius 3 is 2.58 bits per heavy atom. The molecule has 3 nitrogen and oxygen atoms in total. The van der Waals surface area contributed by atoms with Gasteiger partial charge in [-0.15, -0.1) is 0 Å². The summed E-state index contributed by atoms with van der Waals surface area (Å²) in [5, 5.41) is 3.11. The molecule has 0 saturated heterocycles. The van der Waals surface area contributed by atoms with Crippen LogP contribution in [-0.4, -0.2) is 33.4 Å². The number of nitrogens with zero attached hydrogens (tertiary/aromatic N) is 1. The van der Waals surface area contributed by atoms with Crippen LogP contribution >= 0.6 is 0 Å². The van der Waals surface area contributed by atoms with E-state index >= 15 is 0 Å². The zero-order valence-electron chi connectivity index (χ0n) is 12.5. The number of rotatable bonds is 7. The van der Waals surface area contributed by atoms with Gasteiger partial charge in [-0.25, -0.2) is 4.39 Å². The van der Waals surface area contributed by atoms with E-state index in [-0.39, 0.29) is 17.9 Å². The summed E-state index contributed by atoms with van der Waals surface area (Å²) in [5.41, 5.74) is 1.66. The predicted octanol–water partition coefficient (Wildman–Crippen LogP) is 2.97. The van der Waals surface area contributed by atoms with Crippen LogP contribution in [0.15, 0.2) is 18.2 Å². The predicted molar refractivity (Wildman–Crippen MR) is 78.2 cm³/mol. The third-order valence-electron chi connectivity index (χ3n) is 3.49. The normalized spacial score (nSPS) is 14.2. The van der Waals surface area contributed by atoms with Crippen molar-refractivity contribution < 1.29 is 9.13 Å². The number of anilines is 1. The second-order valence-electron chi connectivity index (χ2n) is 4.77. The second kappa shape index (κ2) is 7.46. The van der Waals surface area contributed by atoms with Gasteiger partial charge >= 0.3 is 0 Å². The molecule has 0 heterocycles. The van der Waals surface area contributed by atoms with Crippen molar-refractivity contribution in [1.82, 2.24) is 5.32 Å². The Hall–Kier alpha value is -1.13. The van der Waals surface area contributed by atoms with Gasteiger partial charge in [0, 0.05) is 37.0 Å². The molecule has 1 aromatic carbocycles.